The molecule has 0 saturated heterocycles. The highest BCUT2D eigenvalue weighted by molar-refractivity contribution is 6.06. The van der Waals surface area contributed by atoms with Crippen molar-refractivity contribution in [2.75, 3.05) is 24.3 Å². The molecule has 122 valence electrons. The van der Waals surface area contributed by atoms with Gasteiger partial charge >= 0.3 is 0 Å². The fraction of sp³-hybridized carbons (Fsp3) is 0.316. The molecule has 23 heavy (non-hydrogen) atoms. The second kappa shape index (κ2) is 8.83. The summed E-state index contributed by atoms with van der Waals surface area (Å²) in [4.78, 5) is 12.3. The minimum absolute atomic E-state index is 0.175. The van der Waals surface area contributed by atoms with Crippen molar-refractivity contribution in [3.8, 4) is 5.75 Å². The number of carbonyl (C=O) groups excluding carboxylic acids is 1. The Balaban J connectivity index is 1.94. The SMILES string of the molecule is CCCCCNc1ccc(NC(=O)c2ccccc2OC)cc1. The lowest BCUT2D eigenvalue weighted by molar-refractivity contribution is 0.102. The number of hydrogen-bond donors (Lipinski definition) is 2. The topological polar surface area (TPSA) is 50.4 Å². The van der Waals surface area contributed by atoms with E-state index in [0.717, 1.165) is 17.9 Å². The summed E-state index contributed by atoms with van der Waals surface area (Å²) < 4.78 is 5.22. The number of hydrogen-bond acceptors (Lipinski definition) is 3. The van der Waals surface area contributed by atoms with Gasteiger partial charge in [-0.25, -0.2) is 0 Å². The second-order valence-electron chi connectivity index (χ2n) is 5.37. The zero-order chi connectivity index (χ0) is 16.5. The van der Waals surface area contributed by atoms with Crippen molar-refractivity contribution < 1.29 is 9.53 Å². The highest BCUT2D eigenvalue weighted by Gasteiger charge is 2.11. The molecule has 0 heterocycles. The monoisotopic (exact) mass is 312 g/mol. The number of methoxy groups -OCH3 is 1. The molecule has 2 rings (SSSR count). The molecule has 4 heteroatoms. The predicted octanol–water partition coefficient (Wildman–Crippen LogP) is 4.55. The van der Waals surface area contributed by atoms with Crippen molar-refractivity contribution in [2.24, 2.45) is 0 Å². The van der Waals surface area contributed by atoms with Gasteiger partial charge < -0.3 is 15.4 Å². The number of amides is 1. The molecule has 0 aliphatic carbocycles. The number of para-hydroxylation sites is 1. The third-order valence-corrected chi connectivity index (χ3v) is 3.60. The average molecular weight is 312 g/mol. The van der Waals surface area contributed by atoms with E-state index >= 15 is 0 Å². The molecule has 2 aromatic rings. The Hall–Kier alpha value is -2.49. The Morgan fingerprint density at radius 1 is 1.00 bits per heavy atom. The molecule has 0 aliphatic rings. The Labute approximate surface area is 137 Å². The van der Waals surface area contributed by atoms with Crippen LogP contribution in [0.1, 0.15) is 36.5 Å². The van der Waals surface area contributed by atoms with Crippen LogP contribution < -0.4 is 15.4 Å². The molecule has 0 bridgehead atoms. The van der Waals surface area contributed by atoms with Gasteiger partial charge in [0.1, 0.15) is 5.75 Å². The van der Waals surface area contributed by atoms with E-state index in [1.807, 2.05) is 36.4 Å². The Morgan fingerprint density at radius 2 is 1.70 bits per heavy atom. The Bertz CT molecular complexity index is 624. The highest BCUT2D eigenvalue weighted by Crippen LogP contribution is 2.20. The summed E-state index contributed by atoms with van der Waals surface area (Å²) in [5.41, 5.74) is 2.35. The van der Waals surface area contributed by atoms with Crippen LogP contribution in [-0.4, -0.2) is 19.6 Å². The molecule has 1 amide bonds. The smallest absolute Gasteiger partial charge is 0.259 e. The van der Waals surface area contributed by atoms with E-state index in [4.69, 9.17) is 4.74 Å². The minimum Gasteiger partial charge on any atom is -0.496 e. The second-order valence-corrected chi connectivity index (χ2v) is 5.37. The Morgan fingerprint density at radius 3 is 2.39 bits per heavy atom. The van der Waals surface area contributed by atoms with E-state index in [-0.39, 0.29) is 5.91 Å². The van der Waals surface area contributed by atoms with E-state index in [1.165, 1.54) is 19.3 Å². The quantitative estimate of drug-likeness (QED) is 0.703. The Kier molecular flexibility index (Phi) is 6.48. The molecule has 0 radical (unpaired) electrons. The van der Waals surface area contributed by atoms with Crippen LogP contribution in [0.3, 0.4) is 0 Å². The third kappa shape index (κ3) is 5.02. The molecule has 0 saturated carbocycles. The van der Waals surface area contributed by atoms with Crippen molar-refractivity contribution in [1.29, 1.82) is 0 Å². The molecule has 2 N–H and O–H groups in total. The number of unbranched alkanes of at least 4 members (excludes halogenated alkanes) is 2. The van der Waals surface area contributed by atoms with E-state index in [1.54, 1.807) is 19.2 Å². The molecule has 0 atom stereocenters. The van der Waals surface area contributed by atoms with Gasteiger partial charge in [-0.05, 0) is 42.8 Å². The fourth-order valence-electron chi connectivity index (χ4n) is 2.31. The summed E-state index contributed by atoms with van der Waals surface area (Å²) in [6, 6.07) is 14.9. The van der Waals surface area contributed by atoms with Gasteiger partial charge in [-0.2, -0.15) is 0 Å². The summed E-state index contributed by atoms with van der Waals surface area (Å²) in [5.74, 6) is 0.394. The maximum atomic E-state index is 12.3. The lowest BCUT2D eigenvalue weighted by atomic mass is 10.2. The molecule has 0 fully saturated rings. The van der Waals surface area contributed by atoms with Gasteiger partial charge in [0.05, 0.1) is 12.7 Å². The molecule has 0 spiro atoms. The number of anilines is 2. The van der Waals surface area contributed by atoms with Crippen LogP contribution in [0, 0.1) is 0 Å². The maximum Gasteiger partial charge on any atom is 0.259 e. The molecule has 0 aromatic heterocycles. The standard InChI is InChI=1S/C19H24N2O2/c1-3-4-7-14-20-15-10-12-16(13-11-15)21-19(22)17-8-5-6-9-18(17)23-2/h5-6,8-13,20H,3-4,7,14H2,1-2H3,(H,21,22). The number of ether oxygens (including phenoxy) is 1. The zero-order valence-electron chi connectivity index (χ0n) is 13.8. The van der Waals surface area contributed by atoms with Gasteiger partial charge in [0.25, 0.3) is 5.91 Å². The van der Waals surface area contributed by atoms with Crippen LogP contribution in [0.5, 0.6) is 5.75 Å². The average Bonchev–Trinajstić information content (AvgIpc) is 2.60. The molecule has 2 aromatic carbocycles. The van der Waals surface area contributed by atoms with Crippen molar-refractivity contribution in [2.45, 2.75) is 26.2 Å². The summed E-state index contributed by atoms with van der Waals surface area (Å²) in [6.45, 7) is 3.17. The van der Waals surface area contributed by atoms with Crippen molar-refractivity contribution in [3.63, 3.8) is 0 Å². The molecule has 0 unspecified atom stereocenters. The van der Waals surface area contributed by atoms with Gasteiger partial charge in [-0.1, -0.05) is 31.9 Å². The van der Waals surface area contributed by atoms with E-state index in [9.17, 15) is 4.79 Å². The van der Waals surface area contributed by atoms with E-state index in [2.05, 4.69) is 17.6 Å². The number of nitrogens with one attached hydrogen (secondary N) is 2. The molecule has 4 nitrogen and oxygen atoms in total. The van der Waals surface area contributed by atoms with Crippen molar-refractivity contribution in [3.05, 3.63) is 54.1 Å². The van der Waals surface area contributed by atoms with Crippen LogP contribution >= 0.6 is 0 Å². The first kappa shape index (κ1) is 16.9. The normalized spacial score (nSPS) is 10.2. The first-order chi connectivity index (χ1) is 11.2. The maximum absolute atomic E-state index is 12.3. The lowest BCUT2D eigenvalue weighted by Crippen LogP contribution is -2.13. The van der Waals surface area contributed by atoms with E-state index in [0.29, 0.717) is 11.3 Å². The van der Waals surface area contributed by atoms with Gasteiger partial charge in [0.15, 0.2) is 0 Å². The third-order valence-electron chi connectivity index (χ3n) is 3.60. The van der Waals surface area contributed by atoms with Crippen LogP contribution in [0.2, 0.25) is 0 Å². The van der Waals surface area contributed by atoms with Crippen LogP contribution in [0.25, 0.3) is 0 Å². The zero-order valence-corrected chi connectivity index (χ0v) is 13.8. The van der Waals surface area contributed by atoms with Gasteiger partial charge in [0, 0.05) is 17.9 Å². The van der Waals surface area contributed by atoms with Crippen LogP contribution in [0.4, 0.5) is 11.4 Å². The van der Waals surface area contributed by atoms with Crippen molar-refractivity contribution in [1.82, 2.24) is 0 Å². The van der Waals surface area contributed by atoms with Gasteiger partial charge in [-0.15, -0.1) is 0 Å². The first-order valence-electron chi connectivity index (χ1n) is 8.03. The van der Waals surface area contributed by atoms with Crippen molar-refractivity contribution >= 4 is 17.3 Å². The van der Waals surface area contributed by atoms with Gasteiger partial charge in [0.2, 0.25) is 0 Å². The number of carbonyl (C=O) groups is 1. The number of benzene rings is 2. The van der Waals surface area contributed by atoms with Gasteiger partial charge in [-0.3, -0.25) is 4.79 Å². The summed E-state index contributed by atoms with van der Waals surface area (Å²) in [6.07, 6.45) is 3.62. The van der Waals surface area contributed by atoms with Crippen LogP contribution in [-0.2, 0) is 0 Å². The molecular weight excluding hydrogens is 288 g/mol. The fourth-order valence-corrected chi connectivity index (χ4v) is 2.31. The largest absolute Gasteiger partial charge is 0.496 e. The lowest BCUT2D eigenvalue weighted by Gasteiger charge is -2.10. The first-order valence-corrected chi connectivity index (χ1v) is 8.03. The predicted molar refractivity (Wildman–Crippen MR) is 95.4 cm³/mol. The van der Waals surface area contributed by atoms with E-state index < -0.39 is 0 Å². The minimum atomic E-state index is -0.175. The summed E-state index contributed by atoms with van der Waals surface area (Å²) in [7, 11) is 1.56. The summed E-state index contributed by atoms with van der Waals surface area (Å²) >= 11 is 0. The number of rotatable bonds is 8. The molecule has 0 aliphatic heterocycles. The van der Waals surface area contributed by atoms with Crippen LogP contribution in [0.15, 0.2) is 48.5 Å². The highest BCUT2D eigenvalue weighted by atomic mass is 16.5. The molecular formula is C19H24N2O2. The summed E-state index contributed by atoms with van der Waals surface area (Å²) in [5, 5.41) is 6.27.